The summed E-state index contributed by atoms with van der Waals surface area (Å²) in [6.45, 7) is 19.7. The molecule has 5 atom stereocenters. The van der Waals surface area contributed by atoms with Crippen LogP contribution in [0.4, 0.5) is 0 Å². The third-order valence-corrected chi connectivity index (χ3v) is 10.0. The van der Waals surface area contributed by atoms with Crippen LogP contribution in [0.25, 0.3) is 0 Å². The van der Waals surface area contributed by atoms with Crippen molar-refractivity contribution in [2.24, 2.45) is 0 Å². The molecule has 0 aromatic carbocycles. The zero-order valence-corrected chi connectivity index (χ0v) is 23.6. The number of rotatable bonds is 20. The van der Waals surface area contributed by atoms with Crippen LogP contribution < -0.4 is 10.6 Å². The Morgan fingerprint density at radius 3 is 2.00 bits per heavy atom. The maximum Gasteiger partial charge on any atom is 0.108 e. The van der Waals surface area contributed by atoms with Crippen molar-refractivity contribution in [1.82, 2.24) is 10.6 Å². The molecule has 0 aromatic heterocycles. The first kappa shape index (κ1) is 30.9. The van der Waals surface area contributed by atoms with E-state index in [2.05, 4.69) is 108 Å². The molecular weight excluding hydrogens is 435 g/mol. The van der Waals surface area contributed by atoms with E-state index < -0.39 is 0 Å². The Balaban J connectivity index is 5.45. The van der Waals surface area contributed by atoms with Crippen LogP contribution in [0, 0.1) is 0 Å². The molecule has 0 bridgehead atoms. The van der Waals surface area contributed by atoms with Gasteiger partial charge in [0.15, 0.2) is 0 Å². The molecule has 0 aliphatic carbocycles. The second kappa shape index (κ2) is 17.4. The normalized spacial score (nSPS) is 18.5. The Labute approximate surface area is 209 Å². The third-order valence-electron chi connectivity index (χ3n) is 6.40. The minimum atomic E-state index is 0.191. The van der Waals surface area contributed by atoms with Gasteiger partial charge in [-0.25, -0.2) is 0 Å². The smallest absolute Gasteiger partial charge is 0.108 e. The summed E-state index contributed by atoms with van der Waals surface area (Å²) in [7, 11) is 2.51. The molecule has 0 aliphatic heterocycles. The van der Waals surface area contributed by atoms with Gasteiger partial charge in [0.25, 0.3) is 0 Å². The van der Waals surface area contributed by atoms with Gasteiger partial charge in [-0.2, -0.15) is 36.2 Å². The molecule has 0 saturated carbocycles. The number of unbranched alkanes of at least 4 members (excludes halogenated alkanes) is 2. The van der Waals surface area contributed by atoms with E-state index in [-0.39, 0.29) is 16.8 Å². The molecule has 0 spiro atoms. The summed E-state index contributed by atoms with van der Waals surface area (Å²) in [5, 5.41) is 6.79. The van der Waals surface area contributed by atoms with E-state index in [1.807, 2.05) is 18.5 Å². The zero-order valence-electron chi connectivity index (χ0n) is 21.1. The molecule has 0 heterocycles. The van der Waals surface area contributed by atoms with Crippen LogP contribution in [0.1, 0.15) is 73.1 Å². The number of hydrogen-bond acceptors (Lipinski definition) is 5. The largest absolute Gasteiger partial charge is 0.384 e. The fourth-order valence-corrected chi connectivity index (χ4v) is 7.29. The average Bonchev–Trinajstić information content (AvgIpc) is 2.77. The zero-order chi connectivity index (χ0) is 23.8. The second-order valence-corrected chi connectivity index (χ2v) is 12.5. The van der Waals surface area contributed by atoms with Crippen molar-refractivity contribution in [1.29, 1.82) is 0 Å². The fraction of sp³-hybridized carbons (Fsp3) is 0.760. The monoisotopic (exact) mass is 484 g/mol. The molecule has 0 saturated heterocycles. The molecule has 31 heavy (non-hydrogen) atoms. The molecule has 2 N–H and O–H groups in total. The van der Waals surface area contributed by atoms with Crippen LogP contribution in [-0.2, 0) is 0 Å². The maximum absolute atomic E-state index is 4.36. The lowest BCUT2D eigenvalue weighted by atomic mass is 9.65. The van der Waals surface area contributed by atoms with Crippen molar-refractivity contribution in [3.8, 4) is 0 Å². The van der Waals surface area contributed by atoms with Crippen LogP contribution in [0.3, 0.4) is 0 Å². The summed E-state index contributed by atoms with van der Waals surface area (Å²) in [5.41, 5.74) is 0. The molecule has 5 unspecified atom stereocenters. The van der Waals surface area contributed by atoms with Crippen LogP contribution in [0.15, 0.2) is 37.7 Å². The van der Waals surface area contributed by atoms with E-state index in [4.69, 9.17) is 0 Å². The SMILES string of the molecule is BC(C(C)(CCCC)SCC)C(C)(CCCC)SCC(C=CNC(C=C)CS)NC=C. The van der Waals surface area contributed by atoms with E-state index >= 15 is 0 Å². The van der Waals surface area contributed by atoms with Crippen LogP contribution in [0.2, 0.25) is 5.82 Å². The van der Waals surface area contributed by atoms with Crippen molar-refractivity contribution in [3.05, 3.63) is 37.7 Å². The Bertz CT molecular complexity index is 517. The molecule has 2 nitrogen and oxygen atoms in total. The number of nitrogens with one attached hydrogen (secondary N) is 2. The Kier molecular flexibility index (Phi) is 17.4. The van der Waals surface area contributed by atoms with Gasteiger partial charge in [0.1, 0.15) is 7.85 Å². The van der Waals surface area contributed by atoms with Crippen molar-refractivity contribution >= 4 is 44.0 Å². The first-order chi connectivity index (χ1) is 14.8. The summed E-state index contributed by atoms with van der Waals surface area (Å²) in [6, 6.07) is 0.436. The third kappa shape index (κ3) is 11.6. The molecule has 0 aromatic rings. The Morgan fingerprint density at radius 1 is 0.968 bits per heavy atom. The quantitative estimate of drug-likeness (QED) is 0.105. The lowest BCUT2D eigenvalue weighted by Crippen LogP contribution is -2.42. The van der Waals surface area contributed by atoms with Crippen molar-refractivity contribution in [3.63, 3.8) is 0 Å². The van der Waals surface area contributed by atoms with Crippen LogP contribution in [0.5, 0.6) is 0 Å². The van der Waals surface area contributed by atoms with Gasteiger partial charge in [-0.3, -0.25) is 0 Å². The first-order valence-corrected chi connectivity index (χ1v) is 14.7. The predicted molar refractivity (Wildman–Crippen MR) is 156 cm³/mol. The van der Waals surface area contributed by atoms with E-state index in [0.29, 0.717) is 10.6 Å². The highest BCUT2D eigenvalue weighted by atomic mass is 32.2. The topological polar surface area (TPSA) is 24.1 Å². The Morgan fingerprint density at radius 2 is 1.55 bits per heavy atom. The minimum absolute atomic E-state index is 0.191. The summed E-state index contributed by atoms with van der Waals surface area (Å²) in [5.74, 6) is 3.58. The molecule has 0 rings (SSSR count). The van der Waals surface area contributed by atoms with Crippen molar-refractivity contribution in [2.45, 2.75) is 101 Å². The van der Waals surface area contributed by atoms with E-state index in [1.54, 1.807) is 0 Å². The molecular formula is C25H49BN2S3. The van der Waals surface area contributed by atoms with Crippen molar-refractivity contribution in [2.75, 3.05) is 17.3 Å². The van der Waals surface area contributed by atoms with Gasteiger partial charge in [-0.1, -0.05) is 73.0 Å². The molecule has 6 heteroatoms. The highest BCUT2D eigenvalue weighted by Crippen LogP contribution is 2.52. The molecule has 0 radical (unpaired) electrons. The molecule has 180 valence electrons. The highest BCUT2D eigenvalue weighted by molar-refractivity contribution is 8.01. The average molecular weight is 485 g/mol. The van der Waals surface area contributed by atoms with Gasteiger partial charge < -0.3 is 10.6 Å². The lowest BCUT2D eigenvalue weighted by Gasteiger charge is -2.47. The molecule has 0 amide bonds. The van der Waals surface area contributed by atoms with Gasteiger partial charge in [-0.05, 0) is 42.9 Å². The predicted octanol–water partition coefficient (Wildman–Crippen LogP) is 6.48. The van der Waals surface area contributed by atoms with E-state index in [1.165, 1.54) is 44.3 Å². The minimum Gasteiger partial charge on any atom is -0.384 e. The molecule has 0 fully saturated rings. The first-order valence-electron chi connectivity index (χ1n) is 12.1. The Hall–Kier alpha value is -0.0651. The van der Waals surface area contributed by atoms with Gasteiger partial charge in [0, 0.05) is 21.0 Å². The summed E-state index contributed by atoms with van der Waals surface area (Å²) in [6.07, 6.45) is 15.6. The van der Waals surface area contributed by atoms with E-state index in [0.717, 1.165) is 11.5 Å². The second-order valence-electron chi connectivity index (χ2n) is 8.83. The van der Waals surface area contributed by atoms with Crippen LogP contribution in [-0.4, -0.2) is 46.7 Å². The highest BCUT2D eigenvalue weighted by Gasteiger charge is 2.42. The van der Waals surface area contributed by atoms with Gasteiger partial charge in [0.2, 0.25) is 0 Å². The summed E-state index contributed by atoms with van der Waals surface area (Å²) in [4.78, 5) is 0. The van der Waals surface area contributed by atoms with Gasteiger partial charge in [-0.15, -0.1) is 6.58 Å². The number of thiol groups is 1. The standard InChI is InChI=1S/C25H49BN2S3/c1-8-13-16-24(6,30-12-5)23(26)25(7,17-14-9-2)31-20-22(27-11-4)15-18-28-21(10-3)19-29/h10-11,15,18,21-23,27-29H,3-4,8-9,12-14,16-17,19-20,26H2,1-2,5-7H3. The summed E-state index contributed by atoms with van der Waals surface area (Å²) < 4.78 is 0.570. The van der Waals surface area contributed by atoms with Gasteiger partial charge in [0.05, 0.1) is 12.1 Å². The maximum atomic E-state index is 4.36. The fourth-order valence-electron chi connectivity index (χ4n) is 3.94. The van der Waals surface area contributed by atoms with E-state index in [9.17, 15) is 0 Å². The van der Waals surface area contributed by atoms with Crippen molar-refractivity contribution < 1.29 is 0 Å². The van der Waals surface area contributed by atoms with Crippen LogP contribution >= 0.6 is 36.2 Å². The molecule has 0 aliphatic rings. The number of thioether (sulfide) groups is 2. The summed E-state index contributed by atoms with van der Waals surface area (Å²) >= 11 is 8.66. The number of hydrogen-bond donors (Lipinski definition) is 3. The lowest BCUT2D eigenvalue weighted by molar-refractivity contribution is 0.423. The van der Waals surface area contributed by atoms with Gasteiger partial charge >= 0.3 is 0 Å².